The van der Waals surface area contributed by atoms with Crippen LogP contribution >= 0.6 is 15.9 Å². The number of fused-ring (bicyclic) bond motifs is 5. The summed E-state index contributed by atoms with van der Waals surface area (Å²) in [5.74, 6) is -0.935. The van der Waals surface area contributed by atoms with Gasteiger partial charge >= 0.3 is 0 Å². The predicted molar refractivity (Wildman–Crippen MR) is 87.2 cm³/mol. The summed E-state index contributed by atoms with van der Waals surface area (Å²) in [4.78, 5) is 38.4. The lowest BCUT2D eigenvalue weighted by Crippen LogP contribution is -2.39. The van der Waals surface area contributed by atoms with E-state index in [1.54, 1.807) is 12.1 Å². The quantitative estimate of drug-likeness (QED) is 0.651. The van der Waals surface area contributed by atoms with Gasteiger partial charge in [-0.1, -0.05) is 24.3 Å². The molecule has 0 radical (unpaired) electrons. The topological polar surface area (TPSA) is 66.5 Å². The summed E-state index contributed by atoms with van der Waals surface area (Å²) >= 11 is 3.35. The molecule has 1 heterocycles. The number of halogens is 1. The Hall–Kier alpha value is -1.95. The van der Waals surface area contributed by atoms with Crippen molar-refractivity contribution in [2.75, 3.05) is 11.9 Å². The van der Waals surface area contributed by atoms with Gasteiger partial charge in [-0.3, -0.25) is 19.3 Å². The van der Waals surface area contributed by atoms with Crippen molar-refractivity contribution in [2.45, 2.75) is 6.42 Å². The number of amides is 3. The van der Waals surface area contributed by atoms with Gasteiger partial charge in [-0.2, -0.15) is 0 Å². The number of hydrogen-bond acceptors (Lipinski definition) is 3. The van der Waals surface area contributed by atoms with Crippen LogP contribution in [0, 0.1) is 23.7 Å². The maximum Gasteiger partial charge on any atom is 0.244 e. The highest BCUT2D eigenvalue weighted by Gasteiger charge is 2.59. The monoisotopic (exact) mass is 374 g/mol. The SMILES string of the molecule is O=C(CN1C(=O)[C@@H]2[C@H](C1=O)[C@H]1C=C[C@H]2C1)Nc1ccccc1Br. The van der Waals surface area contributed by atoms with Crippen LogP contribution in [0.25, 0.3) is 0 Å². The minimum Gasteiger partial charge on any atom is -0.324 e. The van der Waals surface area contributed by atoms with Crippen LogP contribution < -0.4 is 5.32 Å². The molecule has 0 spiro atoms. The number of imide groups is 1. The van der Waals surface area contributed by atoms with Crippen molar-refractivity contribution in [1.82, 2.24) is 4.90 Å². The van der Waals surface area contributed by atoms with Gasteiger partial charge in [0.05, 0.1) is 17.5 Å². The Morgan fingerprint density at radius 1 is 1.13 bits per heavy atom. The van der Waals surface area contributed by atoms with E-state index >= 15 is 0 Å². The summed E-state index contributed by atoms with van der Waals surface area (Å²) in [6.45, 7) is -0.217. The first-order valence-electron chi connectivity index (χ1n) is 7.64. The zero-order valence-corrected chi connectivity index (χ0v) is 13.8. The van der Waals surface area contributed by atoms with Crippen molar-refractivity contribution in [3.05, 3.63) is 40.9 Å². The average Bonchev–Trinajstić information content (AvgIpc) is 3.19. The fourth-order valence-electron chi connectivity index (χ4n) is 4.02. The first-order valence-corrected chi connectivity index (χ1v) is 8.43. The molecule has 1 saturated heterocycles. The fourth-order valence-corrected chi connectivity index (χ4v) is 4.40. The van der Waals surface area contributed by atoms with Gasteiger partial charge in [-0.15, -0.1) is 0 Å². The summed E-state index contributed by atoms with van der Waals surface area (Å²) in [6.07, 6.45) is 4.98. The number of hydrogen-bond donors (Lipinski definition) is 1. The second-order valence-electron chi connectivity index (χ2n) is 6.29. The fraction of sp³-hybridized carbons (Fsp3) is 0.353. The summed E-state index contributed by atoms with van der Waals surface area (Å²) in [5.41, 5.74) is 0.624. The van der Waals surface area contributed by atoms with Gasteiger partial charge in [0.1, 0.15) is 6.54 Å². The Morgan fingerprint density at radius 2 is 1.74 bits per heavy atom. The van der Waals surface area contributed by atoms with Crippen LogP contribution in [0.2, 0.25) is 0 Å². The van der Waals surface area contributed by atoms with Crippen LogP contribution in [-0.2, 0) is 14.4 Å². The molecule has 2 bridgehead atoms. The molecular weight excluding hydrogens is 360 g/mol. The summed E-state index contributed by atoms with van der Waals surface area (Å²) in [7, 11) is 0. The van der Waals surface area contributed by atoms with E-state index in [0.29, 0.717) is 5.69 Å². The van der Waals surface area contributed by atoms with E-state index in [4.69, 9.17) is 0 Å². The molecule has 6 heteroatoms. The molecule has 4 atom stereocenters. The third-order valence-electron chi connectivity index (χ3n) is 5.01. The van der Waals surface area contributed by atoms with Crippen molar-refractivity contribution in [1.29, 1.82) is 0 Å². The standard InChI is InChI=1S/C17H15BrN2O3/c18-11-3-1-2-4-12(11)19-13(21)8-20-16(22)14-9-5-6-10(7-9)15(14)17(20)23/h1-6,9-10,14-15H,7-8H2,(H,19,21)/t9-,10-,14-,15+/m0/s1. The molecule has 1 aliphatic heterocycles. The van der Waals surface area contributed by atoms with Crippen LogP contribution in [0.5, 0.6) is 0 Å². The van der Waals surface area contributed by atoms with E-state index in [1.165, 1.54) is 0 Å². The first kappa shape index (κ1) is 14.6. The van der Waals surface area contributed by atoms with Crippen molar-refractivity contribution >= 4 is 39.3 Å². The van der Waals surface area contributed by atoms with E-state index in [0.717, 1.165) is 15.8 Å². The summed E-state index contributed by atoms with van der Waals surface area (Å²) in [6, 6.07) is 7.22. The summed E-state index contributed by atoms with van der Waals surface area (Å²) < 4.78 is 0.756. The van der Waals surface area contributed by atoms with Crippen molar-refractivity contribution in [3.63, 3.8) is 0 Å². The molecule has 3 amide bonds. The van der Waals surface area contributed by atoms with Crippen molar-refractivity contribution in [2.24, 2.45) is 23.7 Å². The molecule has 2 fully saturated rings. The predicted octanol–water partition coefficient (Wildman–Crippen LogP) is 2.19. The Morgan fingerprint density at radius 3 is 2.35 bits per heavy atom. The third kappa shape index (κ3) is 2.24. The van der Waals surface area contributed by atoms with Gasteiger partial charge in [-0.25, -0.2) is 0 Å². The summed E-state index contributed by atoms with van der Waals surface area (Å²) in [5, 5.41) is 2.73. The molecular formula is C17H15BrN2O3. The van der Waals surface area contributed by atoms with Crippen molar-refractivity contribution in [3.8, 4) is 0 Å². The highest BCUT2D eigenvalue weighted by Crippen LogP contribution is 2.52. The van der Waals surface area contributed by atoms with Crippen LogP contribution in [0.4, 0.5) is 5.69 Å². The molecule has 23 heavy (non-hydrogen) atoms. The Labute approximate surface area is 141 Å². The number of anilines is 1. The lowest BCUT2D eigenvalue weighted by Gasteiger charge is -2.17. The van der Waals surface area contributed by atoms with E-state index in [-0.39, 0.29) is 47.9 Å². The van der Waals surface area contributed by atoms with E-state index in [2.05, 4.69) is 21.2 Å². The Bertz CT molecular complexity index is 715. The largest absolute Gasteiger partial charge is 0.324 e. The van der Waals surface area contributed by atoms with Gasteiger partial charge in [-0.05, 0) is 46.3 Å². The maximum absolute atomic E-state index is 12.5. The molecule has 5 nitrogen and oxygen atoms in total. The number of nitrogens with zero attached hydrogens (tertiary/aromatic N) is 1. The van der Waals surface area contributed by atoms with Crippen LogP contribution in [0.3, 0.4) is 0 Å². The number of carbonyl (C=O) groups is 3. The highest BCUT2D eigenvalue weighted by atomic mass is 79.9. The lowest BCUT2D eigenvalue weighted by molar-refractivity contribution is -0.143. The van der Waals surface area contributed by atoms with Crippen LogP contribution in [-0.4, -0.2) is 29.2 Å². The maximum atomic E-state index is 12.5. The number of rotatable bonds is 3. The zero-order chi connectivity index (χ0) is 16.1. The molecule has 2 aliphatic carbocycles. The van der Waals surface area contributed by atoms with Crippen molar-refractivity contribution < 1.29 is 14.4 Å². The number of nitrogens with one attached hydrogen (secondary N) is 1. The molecule has 1 saturated carbocycles. The number of benzene rings is 1. The van der Waals surface area contributed by atoms with Gasteiger partial charge in [0, 0.05) is 4.47 Å². The molecule has 0 aromatic heterocycles. The number of carbonyl (C=O) groups excluding carboxylic acids is 3. The number of allylic oxidation sites excluding steroid dienone is 2. The molecule has 1 aromatic rings. The molecule has 1 N–H and O–H groups in total. The van der Waals surface area contributed by atoms with Gasteiger partial charge in [0.25, 0.3) is 0 Å². The average molecular weight is 375 g/mol. The van der Waals surface area contributed by atoms with Gasteiger partial charge in [0.15, 0.2) is 0 Å². The zero-order valence-electron chi connectivity index (χ0n) is 12.2. The Balaban J connectivity index is 1.48. The molecule has 4 rings (SSSR count). The minimum absolute atomic E-state index is 0.165. The molecule has 118 valence electrons. The second kappa shape index (κ2) is 5.30. The Kier molecular flexibility index (Phi) is 3.37. The second-order valence-corrected chi connectivity index (χ2v) is 7.14. The molecule has 1 aromatic carbocycles. The van der Waals surface area contributed by atoms with Crippen LogP contribution in [0.15, 0.2) is 40.9 Å². The number of likely N-dealkylation sites (tertiary alicyclic amines) is 1. The molecule has 0 unspecified atom stereocenters. The molecule has 3 aliphatic rings. The van der Waals surface area contributed by atoms with E-state index < -0.39 is 0 Å². The van der Waals surface area contributed by atoms with Gasteiger partial charge < -0.3 is 5.32 Å². The first-order chi connectivity index (χ1) is 11.1. The minimum atomic E-state index is -0.362. The van der Waals surface area contributed by atoms with E-state index in [1.807, 2.05) is 24.3 Å². The highest BCUT2D eigenvalue weighted by molar-refractivity contribution is 9.10. The normalized spacial score (nSPS) is 30.9. The van der Waals surface area contributed by atoms with Gasteiger partial charge in [0.2, 0.25) is 17.7 Å². The number of para-hydroxylation sites is 1. The van der Waals surface area contributed by atoms with E-state index in [9.17, 15) is 14.4 Å². The third-order valence-corrected chi connectivity index (χ3v) is 5.70. The van der Waals surface area contributed by atoms with Crippen LogP contribution in [0.1, 0.15) is 6.42 Å². The lowest BCUT2D eigenvalue weighted by atomic mass is 9.85. The smallest absolute Gasteiger partial charge is 0.244 e.